The Hall–Kier alpha value is -2.82. The molecule has 1 N–H and O–H groups in total. The molecule has 0 aliphatic carbocycles. The molecule has 1 aromatic heterocycles. The van der Waals surface area contributed by atoms with Gasteiger partial charge in [-0.25, -0.2) is 9.78 Å². The maximum Gasteiger partial charge on any atom is 0.354 e. The van der Waals surface area contributed by atoms with Gasteiger partial charge in [-0.15, -0.1) is 0 Å². The van der Waals surface area contributed by atoms with Gasteiger partial charge < -0.3 is 14.7 Å². The number of methoxy groups -OCH3 is 1. The van der Waals surface area contributed by atoms with E-state index >= 15 is 0 Å². The summed E-state index contributed by atoms with van der Waals surface area (Å²) in [4.78, 5) is 17.4. The van der Waals surface area contributed by atoms with Crippen molar-refractivity contribution in [1.29, 1.82) is 0 Å². The summed E-state index contributed by atoms with van der Waals surface area (Å²) in [6.07, 6.45) is 4.09. The summed E-state index contributed by atoms with van der Waals surface area (Å²) in [6.45, 7) is 1.68. The highest BCUT2D eigenvalue weighted by Gasteiger charge is 2.16. The molecule has 1 saturated heterocycles. The quantitative estimate of drug-likeness (QED) is 0.933. The van der Waals surface area contributed by atoms with Crippen LogP contribution in [0.15, 0.2) is 48.0 Å². The predicted molar refractivity (Wildman–Crippen MR) is 93.6 cm³/mol. The number of hydrogen-bond acceptors (Lipinski definition) is 4. The number of carboxylic acids is 1. The molecule has 5 heteroatoms. The smallest absolute Gasteiger partial charge is 0.354 e. The van der Waals surface area contributed by atoms with Crippen molar-refractivity contribution in [3.63, 3.8) is 0 Å². The summed E-state index contributed by atoms with van der Waals surface area (Å²) in [5.74, 6) is 0.597. The molecule has 0 atom stereocenters. The van der Waals surface area contributed by atoms with E-state index in [-0.39, 0.29) is 5.69 Å². The van der Waals surface area contributed by atoms with Crippen LogP contribution in [0, 0.1) is 0 Å². The van der Waals surface area contributed by atoms with Crippen molar-refractivity contribution in [2.24, 2.45) is 0 Å². The van der Waals surface area contributed by atoms with E-state index in [0.29, 0.717) is 0 Å². The summed E-state index contributed by atoms with van der Waals surface area (Å²) in [6, 6.07) is 13.1. The Kier molecular flexibility index (Phi) is 4.79. The van der Waals surface area contributed by atoms with Crippen LogP contribution >= 0.6 is 0 Å². The summed E-state index contributed by atoms with van der Waals surface area (Å²) in [5, 5.41) is 9.06. The molecular weight excluding hydrogens is 304 g/mol. The van der Waals surface area contributed by atoms with Crippen LogP contribution in [0.1, 0.15) is 28.9 Å². The summed E-state index contributed by atoms with van der Waals surface area (Å²) < 4.78 is 5.26. The van der Waals surface area contributed by atoms with Crippen LogP contribution in [0.25, 0.3) is 6.08 Å². The third-order valence-corrected chi connectivity index (χ3v) is 4.15. The van der Waals surface area contributed by atoms with Gasteiger partial charge in [0.2, 0.25) is 0 Å². The Morgan fingerprint density at radius 3 is 2.67 bits per heavy atom. The lowest BCUT2D eigenvalue weighted by Gasteiger charge is -2.29. The molecule has 0 amide bonds. The minimum Gasteiger partial charge on any atom is -0.497 e. The highest BCUT2D eigenvalue weighted by atomic mass is 16.5. The van der Waals surface area contributed by atoms with Gasteiger partial charge in [0.1, 0.15) is 11.6 Å². The third-order valence-electron chi connectivity index (χ3n) is 4.15. The number of aromatic nitrogens is 1. The fraction of sp³-hybridized carbons (Fsp3) is 0.263. The van der Waals surface area contributed by atoms with Gasteiger partial charge in [-0.2, -0.15) is 0 Å². The Morgan fingerprint density at radius 1 is 1.21 bits per heavy atom. The molecule has 1 aliphatic heterocycles. The molecule has 2 aromatic rings. The Bertz CT molecular complexity index is 761. The van der Waals surface area contributed by atoms with Gasteiger partial charge >= 0.3 is 5.97 Å². The van der Waals surface area contributed by atoms with E-state index in [9.17, 15) is 4.79 Å². The predicted octanol–water partition coefficient (Wildman–Crippen LogP) is 3.47. The summed E-state index contributed by atoms with van der Waals surface area (Å²) >= 11 is 0. The van der Waals surface area contributed by atoms with Crippen LogP contribution < -0.4 is 9.64 Å². The highest BCUT2D eigenvalue weighted by Crippen LogP contribution is 2.24. The molecule has 0 saturated carbocycles. The minimum absolute atomic E-state index is 0.0882. The molecule has 5 nitrogen and oxygen atoms in total. The molecule has 1 aromatic carbocycles. The number of nitrogens with zero attached hydrogens (tertiary/aromatic N) is 2. The molecule has 0 spiro atoms. The zero-order valence-electron chi connectivity index (χ0n) is 13.6. The van der Waals surface area contributed by atoms with E-state index in [0.717, 1.165) is 43.1 Å². The number of aromatic carboxylic acids is 1. The molecule has 0 bridgehead atoms. The van der Waals surface area contributed by atoms with E-state index in [4.69, 9.17) is 9.84 Å². The maximum absolute atomic E-state index is 11.0. The van der Waals surface area contributed by atoms with Crippen LogP contribution in [0.3, 0.4) is 0 Å². The van der Waals surface area contributed by atoms with Gasteiger partial charge in [-0.05, 0) is 42.7 Å². The zero-order valence-corrected chi connectivity index (χ0v) is 13.6. The molecule has 3 rings (SSSR count). The van der Waals surface area contributed by atoms with Gasteiger partial charge in [0, 0.05) is 13.1 Å². The number of benzene rings is 1. The van der Waals surface area contributed by atoms with E-state index in [1.54, 1.807) is 13.2 Å². The Morgan fingerprint density at radius 2 is 1.96 bits per heavy atom. The highest BCUT2D eigenvalue weighted by molar-refractivity contribution is 5.85. The second-order valence-electron chi connectivity index (χ2n) is 5.75. The number of piperidine rings is 1. The van der Waals surface area contributed by atoms with Crippen molar-refractivity contribution in [2.45, 2.75) is 12.8 Å². The average molecular weight is 324 g/mol. The first kappa shape index (κ1) is 16.1. The van der Waals surface area contributed by atoms with Crippen LogP contribution in [-0.2, 0) is 0 Å². The van der Waals surface area contributed by atoms with E-state index in [1.165, 1.54) is 11.6 Å². The van der Waals surface area contributed by atoms with Crippen molar-refractivity contribution in [1.82, 2.24) is 4.98 Å². The monoisotopic (exact) mass is 324 g/mol. The zero-order chi connectivity index (χ0) is 16.9. The van der Waals surface area contributed by atoms with Crippen molar-refractivity contribution >= 4 is 17.9 Å². The molecule has 1 aliphatic rings. The molecule has 124 valence electrons. The van der Waals surface area contributed by atoms with E-state index < -0.39 is 5.97 Å². The van der Waals surface area contributed by atoms with Gasteiger partial charge in [0.15, 0.2) is 5.69 Å². The first-order valence-electron chi connectivity index (χ1n) is 7.94. The SMILES string of the molecule is COc1cccc(C=C2CCN(c3cccc(C(=O)O)n3)CC2)c1. The molecule has 24 heavy (non-hydrogen) atoms. The lowest BCUT2D eigenvalue weighted by molar-refractivity contribution is 0.0690. The third kappa shape index (κ3) is 3.74. The lowest BCUT2D eigenvalue weighted by atomic mass is 10.0. The number of carbonyl (C=O) groups is 1. The molecule has 0 radical (unpaired) electrons. The first-order valence-corrected chi connectivity index (χ1v) is 7.94. The Balaban J connectivity index is 1.68. The maximum atomic E-state index is 11.0. The van der Waals surface area contributed by atoms with Crippen LogP contribution in [0.2, 0.25) is 0 Å². The number of pyridine rings is 1. The van der Waals surface area contributed by atoms with Gasteiger partial charge in [0.05, 0.1) is 7.11 Å². The van der Waals surface area contributed by atoms with Gasteiger partial charge in [0.25, 0.3) is 0 Å². The van der Waals surface area contributed by atoms with Crippen LogP contribution in [0.4, 0.5) is 5.82 Å². The van der Waals surface area contributed by atoms with Crippen molar-refractivity contribution in [3.8, 4) is 5.75 Å². The number of anilines is 1. The number of hydrogen-bond donors (Lipinski definition) is 1. The summed E-state index contributed by atoms with van der Waals surface area (Å²) in [5.41, 5.74) is 2.61. The second kappa shape index (κ2) is 7.17. The number of rotatable bonds is 4. The van der Waals surface area contributed by atoms with Gasteiger partial charge in [-0.1, -0.05) is 29.8 Å². The van der Waals surface area contributed by atoms with Crippen LogP contribution in [0.5, 0.6) is 5.75 Å². The Labute approximate surface area is 141 Å². The molecule has 1 fully saturated rings. The summed E-state index contributed by atoms with van der Waals surface area (Å²) in [7, 11) is 1.67. The molecule has 2 heterocycles. The first-order chi connectivity index (χ1) is 11.7. The largest absolute Gasteiger partial charge is 0.497 e. The molecular formula is C19H20N2O3. The number of carboxylic acid groups (broad SMARTS) is 1. The normalized spacial score (nSPS) is 14.4. The van der Waals surface area contributed by atoms with E-state index in [2.05, 4.69) is 22.0 Å². The number of ether oxygens (including phenoxy) is 1. The fourth-order valence-corrected chi connectivity index (χ4v) is 2.85. The topological polar surface area (TPSA) is 62.7 Å². The van der Waals surface area contributed by atoms with Crippen molar-refractivity contribution in [2.75, 3.05) is 25.1 Å². The fourth-order valence-electron chi connectivity index (χ4n) is 2.85. The van der Waals surface area contributed by atoms with Crippen molar-refractivity contribution in [3.05, 3.63) is 59.3 Å². The van der Waals surface area contributed by atoms with Crippen molar-refractivity contribution < 1.29 is 14.6 Å². The average Bonchev–Trinajstić information content (AvgIpc) is 2.62. The second-order valence-corrected chi connectivity index (χ2v) is 5.75. The standard InChI is InChI=1S/C19H20N2O3/c1-24-16-5-2-4-15(13-16)12-14-8-10-21(11-9-14)18-7-3-6-17(20-18)19(22)23/h2-7,12-13H,8-11H2,1H3,(H,22,23). The lowest BCUT2D eigenvalue weighted by Crippen LogP contribution is -2.31. The minimum atomic E-state index is -0.993. The van der Waals surface area contributed by atoms with Crippen LogP contribution in [-0.4, -0.2) is 36.3 Å². The van der Waals surface area contributed by atoms with E-state index in [1.807, 2.05) is 24.3 Å². The van der Waals surface area contributed by atoms with Gasteiger partial charge in [-0.3, -0.25) is 0 Å². The molecule has 0 unspecified atom stereocenters.